The van der Waals surface area contributed by atoms with Crippen LogP contribution in [0.4, 0.5) is 0 Å². The number of hydrogen-bond donors (Lipinski definition) is 3. The Labute approximate surface area is 123 Å². The van der Waals surface area contributed by atoms with E-state index in [9.17, 15) is 14.7 Å². The highest BCUT2D eigenvalue weighted by Gasteiger charge is 2.23. The quantitative estimate of drug-likeness (QED) is 0.678. The summed E-state index contributed by atoms with van der Waals surface area (Å²) in [5.41, 5.74) is 0.178. The summed E-state index contributed by atoms with van der Waals surface area (Å²) in [5.74, 6) is -1.93. The van der Waals surface area contributed by atoms with E-state index in [-0.39, 0.29) is 0 Å². The summed E-state index contributed by atoms with van der Waals surface area (Å²) >= 11 is 1.31. The molecule has 5 nitrogen and oxygen atoms in total. The van der Waals surface area contributed by atoms with Crippen molar-refractivity contribution in [3.63, 3.8) is 0 Å². The summed E-state index contributed by atoms with van der Waals surface area (Å²) in [6.45, 7) is 1.87. The number of fused-ring (bicyclic) bond motifs is 1. The van der Waals surface area contributed by atoms with E-state index in [1.165, 1.54) is 11.3 Å². The van der Waals surface area contributed by atoms with Crippen molar-refractivity contribution in [1.82, 2.24) is 4.98 Å². The minimum atomic E-state index is -1.45. The monoisotopic (exact) mass is 301 g/mol. The fourth-order valence-electron chi connectivity index (χ4n) is 2.41. The van der Waals surface area contributed by atoms with Gasteiger partial charge >= 0.3 is 5.97 Å². The molecule has 0 amide bonds. The lowest BCUT2D eigenvalue weighted by molar-refractivity contribution is 0.0692. The van der Waals surface area contributed by atoms with Gasteiger partial charge in [-0.05, 0) is 12.5 Å². The number of nitrogens with one attached hydrogen (secondary N) is 1. The first kappa shape index (κ1) is 13.4. The van der Waals surface area contributed by atoms with Crippen LogP contribution in [-0.4, -0.2) is 21.2 Å². The fraction of sp³-hybridized carbons (Fsp3) is 0.0667. The van der Waals surface area contributed by atoms with Crippen molar-refractivity contribution in [1.29, 1.82) is 0 Å². The van der Waals surface area contributed by atoms with E-state index in [0.29, 0.717) is 10.2 Å². The normalized spacial score (nSPS) is 10.9. The third-order valence-corrected chi connectivity index (χ3v) is 4.31. The van der Waals surface area contributed by atoms with Crippen LogP contribution in [0, 0.1) is 6.92 Å². The lowest BCUT2D eigenvalue weighted by atomic mass is 10.0. The molecule has 2 heterocycles. The Morgan fingerprint density at radius 3 is 2.52 bits per heavy atom. The number of carboxylic acids is 1. The molecule has 6 heteroatoms. The van der Waals surface area contributed by atoms with E-state index in [1.807, 2.05) is 37.3 Å². The number of carboxylic acid groups (broad SMARTS) is 1. The summed E-state index contributed by atoms with van der Waals surface area (Å²) in [5, 5.41) is 19.7. The van der Waals surface area contributed by atoms with E-state index in [0.717, 1.165) is 16.0 Å². The summed E-state index contributed by atoms with van der Waals surface area (Å²) < 4.78 is 0. The van der Waals surface area contributed by atoms with Crippen LogP contribution in [0.2, 0.25) is 0 Å². The van der Waals surface area contributed by atoms with Gasteiger partial charge in [-0.2, -0.15) is 0 Å². The van der Waals surface area contributed by atoms with Crippen molar-refractivity contribution in [2.75, 3.05) is 0 Å². The first-order chi connectivity index (χ1) is 10.0. The van der Waals surface area contributed by atoms with Gasteiger partial charge in [0.1, 0.15) is 10.6 Å². The van der Waals surface area contributed by atoms with Crippen molar-refractivity contribution < 1.29 is 15.0 Å². The molecule has 0 unspecified atom stereocenters. The lowest BCUT2D eigenvalue weighted by Crippen LogP contribution is -2.17. The molecule has 0 radical (unpaired) electrons. The predicted molar refractivity (Wildman–Crippen MR) is 81.2 cm³/mol. The van der Waals surface area contributed by atoms with Crippen LogP contribution in [0.5, 0.6) is 5.75 Å². The number of aromatic amines is 1. The zero-order valence-electron chi connectivity index (χ0n) is 11.0. The van der Waals surface area contributed by atoms with Gasteiger partial charge in [0.2, 0.25) is 0 Å². The number of aromatic nitrogens is 1. The number of aromatic hydroxyl groups is 1. The van der Waals surface area contributed by atoms with Crippen molar-refractivity contribution >= 4 is 27.5 Å². The second-order valence-corrected chi connectivity index (χ2v) is 5.81. The fourth-order valence-corrected chi connectivity index (χ4v) is 3.48. The van der Waals surface area contributed by atoms with Crippen LogP contribution in [0.15, 0.2) is 35.1 Å². The van der Waals surface area contributed by atoms with Crippen LogP contribution in [0.1, 0.15) is 15.2 Å². The molecule has 3 rings (SSSR count). The third kappa shape index (κ3) is 2.00. The number of pyridine rings is 1. The standard InChI is InChI=1S/C15H11NO4S/c1-7-9(8-5-3-2-4-6-8)10-12(17)11(15(19)20)13(18)16-14(10)21-7/h2-6H,1H3,(H,19,20)(H2,16,17,18). The Hall–Kier alpha value is -2.60. The average molecular weight is 301 g/mol. The Bertz CT molecular complexity index is 909. The molecule has 0 aliphatic carbocycles. The topological polar surface area (TPSA) is 90.4 Å². The summed E-state index contributed by atoms with van der Waals surface area (Å²) in [4.78, 5) is 26.8. The molecule has 0 saturated carbocycles. The lowest BCUT2D eigenvalue weighted by Gasteiger charge is -2.05. The smallest absolute Gasteiger partial charge is 0.345 e. The van der Waals surface area contributed by atoms with E-state index in [4.69, 9.17) is 5.11 Å². The molecule has 2 aromatic heterocycles. The first-order valence-corrected chi connectivity index (χ1v) is 6.99. The molecule has 0 bridgehead atoms. The number of rotatable bonds is 2. The second kappa shape index (κ2) is 4.75. The van der Waals surface area contributed by atoms with Crippen LogP contribution in [0.3, 0.4) is 0 Å². The molecular formula is C15H11NO4S. The molecule has 0 atom stereocenters. The highest BCUT2D eigenvalue weighted by molar-refractivity contribution is 7.19. The first-order valence-electron chi connectivity index (χ1n) is 6.17. The van der Waals surface area contributed by atoms with Crippen molar-refractivity contribution in [3.8, 4) is 16.9 Å². The van der Waals surface area contributed by atoms with Gasteiger partial charge in [0.15, 0.2) is 5.56 Å². The van der Waals surface area contributed by atoms with Gasteiger partial charge < -0.3 is 15.2 Å². The molecule has 21 heavy (non-hydrogen) atoms. The number of H-pyrrole nitrogens is 1. The van der Waals surface area contributed by atoms with E-state index >= 15 is 0 Å². The molecule has 3 aromatic rings. The Kier molecular flexibility index (Phi) is 3.03. The largest absolute Gasteiger partial charge is 0.506 e. The van der Waals surface area contributed by atoms with Crippen molar-refractivity contribution in [3.05, 3.63) is 51.1 Å². The second-order valence-electron chi connectivity index (χ2n) is 4.59. The summed E-state index contributed by atoms with van der Waals surface area (Å²) in [6, 6.07) is 9.34. The van der Waals surface area contributed by atoms with E-state index in [2.05, 4.69) is 4.98 Å². The molecule has 0 fully saturated rings. The number of hydrogen-bond acceptors (Lipinski definition) is 4. The van der Waals surface area contributed by atoms with E-state index < -0.39 is 22.8 Å². The van der Waals surface area contributed by atoms with Crippen LogP contribution in [-0.2, 0) is 0 Å². The van der Waals surface area contributed by atoms with Gasteiger partial charge in [-0.3, -0.25) is 4.79 Å². The number of aryl methyl sites for hydroxylation is 1. The number of benzene rings is 1. The SMILES string of the molecule is Cc1sc2[nH]c(=O)c(C(=O)O)c(O)c2c1-c1ccccc1. The zero-order chi connectivity index (χ0) is 15.1. The maximum absolute atomic E-state index is 11.8. The number of aromatic carboxylic acids is 1. The summed E-state index contributed by atoms with van der Waals surface area (Å²) in [6.07, 6.45) is 0. The molecular weight excluding hydrogens is 290 g/mol. The Morgan fingerprint density at radius 2 is 1.90 bits per heavy atom. The van der Waals surface area contributed by atoms with Crippen molar-refractivity contribution in [2.24, 2.45) is 0 Å². The predicted octanol–water partition coefficient (Wildman–Crippen LogP) is 2.97. The van der Waals surface area contributed by atoms with Gasteiger partial charge in [-0.25, -0.2) is 4.79 Å². The van der Waals surface area contributed by atoms with Gasteiger partial charge in [0.25, 0.3) is 5.56 Å². The molecule has 1 aromatic carbocycles. The molecule has 3 N–H and O–H groups in total. The van der Waals surface area contributed by atoms with Gasteiger partial charge in [0, 0.05) is 10.4 Å². The Balaban J connectivity index is 2.47. The van der Waals surface area contributed by atoms with Gasteiger partial charge in [0.05, 0.1) is 5.39 Å². The Morgan fingerprint density at radius 1 is 1.24 bits per heavy atom. The maximum Gasteiger partial charge on any atom is 0.345 e. The van der Waals surface area contributed by atoms with E-state index in [1.54, 1.807) is 0 Å². The highest BCUT2D eigenvalue weighted by Crippen LogP contribution is 2.41. The zero-order valence-corrected chi connectivity index (χ0v) is 11.8. The molecule has 0 spiro atoms. The summed E-state index contributed by atoms with van der Waals surface area (Å²) in [7, 11) is 0. The third-order valence-electron chi connectivity index (χ3n) is 3.29. The van der Waals surface area contributed by atoms with Crippen molar-refractivity contribution in [2.45, 2.75) is 6.92 Å². The minimum absolute atomic E-state index is 0.376. The molecule has 0 aliphatic heterocycles. The molecule has 0 aliphatic rings. The van der Waals surface area contributed by atoms with Crippen LogP contribution in [0.25, 0.3) is 21.3 Å². The van der Waals surface area contributed by atoms with Gasteiger partial charge in [-0.1, -0.05) is 30.3 Å². The molecule has 0 saturated heterocycles. The van der Waals surface area contributed by atoms with Crippen LogP contribution >= 0.6 is 11.3 Å². The average Bonchev–Trinajstić information content (AvgIpc) is 2.75. The number of carbonyl (C=O) groups is 1. The minimum Gasteiger partial charge on any atom is -0.506 e. The molecule has 106 valence electrons. The maximum atomic E-state index is 11.8. The number of thiophene rings is 1. The highest BCUT2D eigenvalue weighted by atomic mass is 32.1. The van der Waals surface area contributed by atoms with Crippen LogP contribution < -0.4 is 5.56 Å². The van der Waals surface area contributed by atoms with Gasteiger partial charge in [-0.15, -0.1) is 11.3 Å².